The van der Waals surface area contributed by atoms with E-state index in [-0.39, 0.29) is 103 Å². The predicted molar refractivity (Wildman–Crippen MR) is 444 cm³/mol. The number of hydrogen-bond acceptors (Lipinski definition) is 16. The van der Waals surface area contributed by atoms with Gasteiger partial charge in [-0.25, -0.2) is 0 Å². The maximum atomic E-state index is 15.5. The highest BCUT2D eigenvalue weighted by Crippen LogP contribution is 2.18. The Morgan fingerprint density at radius 3 is 0.548 bits per heavy atom. The Morgan fingerprint density at radius 2 is 0.365 bits per heavy atom. The largest absolute Gasteiger partial charge is 0.332 e. The second kappa shape index (κ2) is 50.7. The summed E-state index contributed by atoms with van der Waals surface area (Å²) in [6, 6.07) is 64.1. The minimum absolute atomic E-state index is 0.00278. The van der Waals surface area contributed by atoms with E-state index >= 15 is 28.8 Å². The van der Waals surface area contributed by atoms with Gasteiger partial charge in [-0.1, -0.05) is 212 Å². The fraction of sp³-hybridized carbons (Fsp3) is 0.404. The highest BCUT2D eigenvalue weighted by Gasteiger charge is 2.33. The van der Waals surface area contributed by atoms with Gasteiger partial charge in [-0.15, -0.1) is 0 Å². The van der Waals surface area contributed by atoms with Crippen LogP contribution in [0.5, 0.6) is 0 Å². The van der Waals surface area contributed by atoms with Crippen molar-refractivity contribution in [2.24, 2.45) is 22.9 Å². The molecule has 614 valence electrons. The first-order valence-electron chi connectivity index (χ1n) is 39.8. The van der Waals surface area contributed by atoms with Gasteiger partial charge < -0.3 is 71.9 Å². The number of Topliss-reactive ketones (excluding diaryl/α,β-unsaturated/α-hetero) is 1. The fourth-order valence-electron chi connectivity index (χ4n) is 13.1. The van der Waals surface area contributed by atoms with Crippen LogP contribution in [0.25, 0.3) is 0 Å². The van der Waals surface area contributed by atoms with Gasteiger partial charge in [-0.2, -0.15) is 0 Å². The normalized spacial score (nSPS) is 10.9. The molecule has 0 aromatic heterocycles. The summed E-state index contributed by atoms with van der Waals surface area (Å²) in [6.07, 6.45) is 3.75. The van der Waals surface area contributed by atoms with Gasteiger partial charge in [-0.05, 0) is 130 Å². The molecular weight excluding hydrogens is 1460 g/mol. The molecule has 7 aromatic rings. The number of nitrogens with two attached hydrogens (primary N) is 4. The van der Waals surface area contributed by atoms with E-state index in [0.717, 1.165) is 16.7 Å². The Labute approximate surface area is 677 Å². The number of hydrogen-bond donors (Lipinski definition) is 4. The van der Waals surface area contributed by atoms with Gasteiger partial charge >= 0.3 is 0 Å². The van der Waals surface area contributed by atoms with Crippen molar-refractivity contribution in [3.63, 3.8) is 0 Å². The third-order valence-corrected chi connectivity index (χ3v) is 19.4. The number of nitrogens with zero attached hydrogens (tertiary/aromatic N) is 11. The summed E-state index contributed by atoms with van der Waals surface area (Å²) in [4.78, 5) is 178. The topological polar surface area (TPSA) is 327 Å². The Kier molecular flexibility index (Phi) is 40.1. The molecule has 0 saturated heterocycles. The maximum Gasteiger partial charge on any atom is 0.242 e. The molecule has 7 aromatic carbocycles. The van der Waals surface area contributed by atoms with Crippen LogP contribution in [0.1, 0.15) is 97.2 Å². The molecule has 0 atom stereocenters. The number of carbonyl (C=O) groups is 11. The van der Waals surface area contributed by atoms with E-state index in [1.165, 1.54) is 55.9 Å². The van der Waals surface area contributed by atoms with Crippen molar-refractivity contribution in [2.75, 3.05) is 131 Å². The lowest BCUT2D eigenvalue weighted by Crippen LogP contribution is -2.52. The average molecular weight is 1570 g/mol. The minimum atomic E-state index is -0.639. The lowest BCUT2D eigenvalue weighted by Gasteiger charge is -2.33. The Hall–Kier alpha value is -11.3. The number of likely N-dealkylation sites (N-methyl/N-ethyl adjacent to an activating group) is 1. The third kappa shape index (κ3) is 33.4. The van der Waals surface area contributed by atoms with Crippen LogP contribution in [0, 0.1) is 0 Å². The Bertz CT molecular complexity index is 4120. The van der Waals surface area contributed by atoms with Gasteiger partial charge in [0.25, 0.3) is 0 Å². The van der Waals surface area contributed by atoms with E-state index in [9.17, 15) is 24.0 Å². The molecule has 0 bridgehead atoms. The summed E-state index contributed by atoms with van der Waals surface area (Å²) >= 11 is 0. The van der Waals surface area contributed by atoms with Gasteiger partial charge in [0.15, 0.2) is 0 Å². The van der Waals surface area contributed by atoms with Crippen LogP contribution in [-0.4, -0.2) is 250 Å². The number of amides is 10. The van der Waals surface area contributed by atoms with Gasteiger partial charge in [0.1, 0.15) is 38.5 Å². The molecule has 0 spiro atoms. The predicted octanol–water partition coefficient (Wildman–Crippen LogP) is 6.15. The van der Waals surface area contributed by atoms with Crippen molar-refractivity contribution >= 4 is 64.9 Å². The first-order chi connectivity index (χ1) is 55.7. The molecule has 0 heterocycles. The van der Waals surface area contributed by atoms with Gasteiger partial charge in [0.05, 0.1) is 39.3 Å². The number of ketones is 1. The molecule has 0 fully saturated rings. The molecule has 0 unspecified atom stereocenters. The van der Waals surface area contributed by atoms with Crippen molar-refractivity contribution < 1.29 is 52.7 Å². The van der Waals surface area contributed by atoms with Crippen molar-refractivity contribution in [1.82, 2.24) is 53.9 Å². The van der Waals surface area contributed by atoms with E-state index in [2.05, 4.69) is 0 Å². The first-order valence-corrected chi connectivity index (χ1v) is 39.8. The molecule has 0 radical (unpaired) electrons. The van der Waals surface area contributed by atoms with Crippen molar-refractivity contribution in [2.45, 2.75) is 104 Å². The minimum Gasteiger partial charge on any atom is -0.332 e. The third-order valence-electron chi connectivity index (χ3n) is 19.4. The molecule has 0 saturated carbocycles. The highest BCUT2D eigenvalue weighted by atomic mass is 16.2. The standard InChI is InChI=1S/C89H117N15O11/c1-72(105)54-99(56-74-34-12-4-13-35-74)88(114)70-103(60-78-42-20-8-21-43-78)86(112)65-97(52-30-26-48-92)82(108)68-101(58-76-38-16-6-17-39-76)85(111)64-96(51-29-25-47-91)83(109)69-102(59-77-40-18-7-19-41-77)89(115)71-104(61-79-44-22-9-23-45-79)87(113)66-98(53-31-27-49-93)81(107)67-100(57-75-36-14-5-15-37-75)84(110)63-95(50-28-24-46-90)80(106)62-94(2)55-73-32-10-3-11-33-73/h3-23,32-45H,24-31,46-71,90-93H2,1-2H3. The molecule has 26 heteroatoms. The second-order valence-corrected chi connectivity index (χ2v) is 29.0. The number of benzene rings is 7. The van der Waals surface area contributed by atoms with Gasteiger partial charge in [0.2, 0.25) is 59.1 Å². The molecule has 10 amide bonds. The maximum absolute atomic E-state index is 15.5. The molecule has 0 aliphatic carbocycles. The zero-order chi connectivity index (χ0) is 82.5. The van der Waals surface area contributed by atoms with Crippen LogP contribution in [0.15, 0.2) is 212 Å². The zero-order valence-corrected chi connectivity index (χ0v) is 67.0. The molecule has 7 rings (SSSR count). The van der Waals surface area contributed by atoms with Crippen molar-refractivity contribution in [3.8, 4) is 0 Å². The summed E-state index contributed by atoms with van der Waals surface area (Å²) in [7, 11) is 1.84. The summed E-state index contributed by atoms with van der Waals surface area (Å²) in [5, 5.41) is 0. The number of rotatable bonds is 52. The quantitative estimate of drug-likeness (QED) is 0.0311. The average Bonchev–Trinajstić information content (AvgIpc) is 0.844. The van der Waals surface area contributed by atoms with Gasteiger partial charge in [-0.3, -0.25) is 57.6 Å². The molecule has 0 aliphatic heterocycles. The van der Waals surface area contributed by atoms with Crippen LogP contribution in [-0.2, 0) is 98.6 Å². The van der Waals surface area contributed by atoms with Crippen LogP contribution in [0.3, 0.4) is 0 Å². The van der Waals surface area contributed by atoms with Crippen molar-refractivity contribution in [1.29, 1.82) is 0 Å². The fourth-order valence-corrected chi connectivity index (χ4v) is 13.1. The van der Waals surface area contributed by atoms with Crippen molar-refractivity contribution in [3.05, 3.63) is 251 Å². The Morgan fingerprint density at radius 1 is 0.209 bits per heavy atom. The smallest absolute Gasteiger partial charge is 0.242 e. The molecule has 0 aliphatic rings. The second-order valence-electron chi connectivity index (χ2n) is 29.0. The van der Waals surface area contributed by atoms with Crippen LogP contribution in [0.4, 0.5) is 0 Å². The molecule has 115 heavy (non-hydrogen) atoms. The van der Waals surface area contributed by atoms with Gasteiger partial charge in [0, 0.05) is 72.0 Å². The first kappa shape index (κ1) is 90.9. The zero-order valence-electron chi connectivity index (χ0n) is 67.0. The summed E-state index contributed by atoms with van der Waals surface area (Å²) in [6.45, 7) is -1.26. The summed E-state index contributed by atoms with van der Waals surface area (Å²) in [5.74, 6) is -5.72. The van der Waals surface area contributed by atoms with E-state index in [1.54, 1.807) is 72.8 Å². The van der Waals surface area contributed by atoms with E-state index in [1.807, 2.05) is 151 Å². The lowest BCUT2D eigenvalue weighted by atomic mass is 10.2. The molecular formula is C89H117N15O11. The highest BCUT2D eigenvalue weighted by molar-refractivity contribution is 5.95. The van der Waals surface area contributed by atoms with E-state index < -0.39 is 106 Å². The monoisotopic (exact) mass is 1570 g/mol. The van der Waals surface area contributed by atoms with Crippen LogP contribution < -0.4 is 22.9 Å². The number of unbranched alkanes of at least 4 members (excludes halogenated alkanes) is 4. The number of carbonyl (C=O) groups excluding carboxylic acids is 11. The van der Waals surface area contributed by atoms with Crippen LogP contribution in [0.2, 0.25) is 0 Å². The van der Waals surface area contributed by atoms with Crippen LogP contribution >= 0.6 is 0 Å². The lowest BCUT2D eigenvalue weighted by molar-refractivity contribution is -0.149. The summed E-state index contributed by atoms with van der Waals surface area (Å²) in [5.41, 5.74) is 29.1. The summed E-state index contributed by atoms with van der Waals surface area (Å²) < 4.78 is 0. The van der Waals surface area contributed by atoms with E-state index in [4.69, 9.17) is 22.9 Å². The SMILES string of the molecule is CC(=O)CN(Cc1ccccc1)C(=O)CN(Cc1ccccc1)C(=O)CN(CCCCN)C(=O)CN(Cc1ccccc1)C(=O)CN(CCCCN)C(=O)CN(Cc1ccccc1)C(=O)CN(Cc1ccccc1)C(=O)CN(CCCCN)C(=O)CN(Cc1ccccc1)C(=O)CN(CCCCN)C(=O)CN(C)Cc1ccccc1. The molecule has 8 N–H and O–H groups in total. The molecule has 26 nitrogen and oxygen atoms in total. The Balaban J connectivity index is 1.15. The van der Waals surface area contributed by atoms with E-state index in [0.29, 0.717) is 99.8 Å².